The van der Waals surface area contributed by atoms with Crippen molar-refractivity contribution in [3.8, 4) is 0 Å². The summed E-state index contributed by atoms with van der Waals surface area (Å²) in [4.78, 5) is 3.25. The molecule has 0 aliphatic rings. The Balaban J connectivity index is 1.52. The molecular weight excluding hydrogens is 244 g/mol. The van der Waals surface area contributed by atoms with Crippen LogP contribution in [0, 0.1) is 6.92 Å². The number of aromatic amines is 1. The summed E-state index contributed by atoms with van der Waals surface area (Å²) in [5, 5.41) is 4.78. The predicted octanol–water partition coefficient (Wildman–Crippen LogP) is 3.81. The third-order valence-corrected chi connectivity index (χ3v) is 3.62. The largest absolute Gasteiger partial charge is 0.361 e. The second kappa shape index (κ2) is 5.93. The van der Waals surface area contributed by atoms with Gasteiger partial charge < -0.3 is 10.3 Å². The van der Waals surface area contributed by atoms with Gasteiger partial charge in [0.1, 0.15) is 0 Å². The number of benzene rings is 2. The maximum atomic E-state index is 3.51. The molecule has 1 aromatic heterocycles. The molecule has 0 radical (unpaired) electrons. The van der Waals surface area contributed by atoms with Crippen LogP contribution in [-0.4, -0.2) is 11.5 Å². The van der Waals surface area contributed by atoms with Gasteiger partial charge in [0.15, 0.2) is 0 Å². The van der Waals surface area contributed by atoms with Gasteiger partial charge in [0, 0.05) is 18.3 Å². The molecule has 0 unspecified atom stereocenters. The number of fused-ring (bicyclic) bond motifs is 1. The standard InChI is InChI=1S/C18H20N2/c1-14-3-2-4-15(11-14)7-9-19-13-16-5-6-17-8-10-20-18(17)12-16/h2-6,8,10-12,19-20H,7,9,13H2,1H3. The molecule has 0 aliphatic carbocycles. The number of rotatable bonds is 5. The molecule has 0 atom stereocenters. The Hall–Kier alpha value is -2.06. The molecule has 0 bridgehead atoms. The number of aryl methyl sites for hydroxylation is 1. The highest BCUT2D eigenvalue weighted by atomic mass is 14.8. The summed E-state index contributed by atoms with van der Waals surface area (Å²) >= 11 is 0. The van der Waals surface area contributed by atoms with Crippen LogP contribution in [0.5, 0.6) is 0 Å². The fourth-order valence-electron chi connectivity index (χ4n) is 2.54. The summed E-state index contributed by atoms with van der Waals surface area (Å²) in [5.41, 5.74) is 5.27. The number of hydrogen-bond donors (Lipinski definition) is 2. The second-order valence-corrected chi connectivity index (χ2v) is 5.32. The van der Waals surface area contributed by atoms with Gasteiger partial charge in [-0.25, -0.2) is 0 Å². The van der Waals surface area contributed by atoms with Gasteiger partial charge in [-0.05, 0) is 48.5 Å². The Bertz CT molecular complexity index is 697. The zero-order valence-electron chi connectivity index (χ0n) is 11.8. The second-order valence-electron chi connectivity index (χ2n) is 5.32. The summed E-state index contributed by atoms with van der Waals surface area (Å²) in [7, 11) is 0. The Morgan fingerprint density at radius 3 is 2.85 bits per heavy atom. The zero-order valence-corrected chi connectivity index (χ0v) is 11.8. The lowest BCUT2D eigenvalue weighted by Crippen LogP contribution is -2.16. The van der Waals surface area contributed by atoms with Crippen LogP contribution in [0.25, 0.3) is 10.9 Å². The first-order chi connectivity index (χ1) is 9.81. The minimum atomic E-state index is 0.917. The van der Waals surface area contributed by atoms with E-state index < -0.39 is 0 Å². The molecule has 2 N–H and O–H groups in total. The van der Waals surface area contributed by atoms with Crippen molar-refractivity contribution in [3.63, 3.8) is 0 Å². The molecule has 0 fully saturated rings. The van der Waals surface area contributed by atoms with Crippen molar-refractivity contribution in [2.45, 2.75) is 19.9 Å². The maximum absolute atomic E-state index is 3.51. The van der Waals surface area contributed by atoms with E-state index in [0.717, 1.165) is 19.5 Å². The van der Waals surface area contributed by atoms with Gasteiger partial charge in [0.05, 0.1) is 0 Å². The molecule has 0 spiro atoms. The van der Waals surface area contributed by atoms with E-state index in [2.05, 4.69) is 65.8 Å². The molecule has 102 valence electrons. The first-order valence-electron chi connectivity index (χ1n) is 7.13. The smallest absolute Gasteiger partial charge is 0.0457 e. The lowest BCUT2D eigenvalue weighted by Gasteiger charge is -2.06. The predicted molar refractivity (Wildman–Crippen MR) is 84.9 cm³/mol. The number of aromatic nitrogens is 1. The highest BCUT2D eigenvalue weighted by Gasteiger charge is 1.98. The van der Waals surface area contributed by atoms with Gasteiger partial charge in [-0.15, -0.1) is 0 Å². The Morgan fingerprint density at radius 1 is 1.00 bits per heavy atom. The fraction of sp³-hybridized carbons (Fsp3) is 0.222. The molecule has 0 saturated heterocycles. The van der Waals surface area contributed by atoms with Gasteiger partial charge in [-0.1, -0.05) is 42.0 Å². The summed E-state index contributed by atoms with van der Waals surface area (Å²) in [6.45, 7) is 4.06. The van der Waals surface area contributed by atoms with Gasteiger partial charge in [-0.2, -0.15) is 0 Å². The SMILES string of the molecule is Cc1cccc(CCNCc2ccc3cc[nH]c3c2)c1. The first-order valence-corrected chi connectivity index (χ1v) is 7.13. The Labute approximate surface area is 119 Å². The van der Waals surface area contributed by atoms with Crippen LogP contribution in [0.2, 0.25) is 0 Å². The van der Waals surface area contributed by atoms with E-state index >= 15 is 0 Å². The minimum absolute atomic E-state index is 0.917. The summed E-state index contributed by atoms with van der Waals surface area (Å²) < 4.78 is 0. The molecule has 2 nitrogen and oxygen atoms in total. The third kappa shape index (κ3) is 3.09. The van der Waals surface area contributed by atoms with Crippen LogP contribution in [0.4, 0.5) is 0 Å². The maximum Gasteiger partial charge on any atom is 0.0457 e. The highest BCUT2D eigenvalue weighted by molar-refractivity contribution is 5.79. The monoisotopic (exact) mass is 264 g/mol. The quantitative estimate of drug-likeness (QED) is 0.674. The highest BCUT2D eigenvalue weighted by Crippen LogP contribution is 2.14. The van der Waals surface area contributed by atoms with E-state index in [-0.39, 0.29) is 0 Å². The van der Waals surface area contributed by atoms with Crippen LogP contribution in [0.3, 0.4) is 0 Å². The van der Waals surface area contributed by atoms with Crippen molar-refractivity contribution in [2.75, 3.05) is 6.54 Å². The lowest BCUT2D eigenvalue weighted by molar-refractivity contribution is 0.687. The van der Waals surface area contributed by atoms with Gasteiger partial charge in [0.25, 0.3) is 0 Å². The van der Waals surface area contributed by atoms with E-state index in [4.69, 9.17) is 0 Å². The van der Waals surface area contributed by atoms with Crippen molar-refractivity contribution in [1.29, 1.82) is 0 Å². The lowest BCUT2D eigenvalue weighted by atomic mass is 10.1. The van der Waals surface area contributed by atoms with Gasteiger partial charge in [-0.3, -0.25) is 0 Å². The fourth-order valence-corrected chi connectivity index (χ4v) is 2.54. The van der Waals surface area contributed by atoms with Crippen LogP contribution < -0.4 is 5.32 Å². The molecule has 1 heterocycles. The van der Waals surface area contributed by atoms with Crippen LogP contribution in [0.15, 0.2) is 54.7 Å². The van der Waals surface area contributed by atoms with Crippen molar-refractivity contribution in [1.82, 2.24) is 10.3 Å². The van der Waals surface area contributed by atoms with Crippen LogP contribution in [0.1, 0.15) is 16.7 Å². The molecule has 2 heteroatoms. The zero-order chi connectivity index (χ0) is 13.8. The molecule has 3 rings (SSSR count). The van der Waals surface area contributed by atoms with E-state index in [0.29, 0.717) is 0 Å². The van der Waals surface area contributed by atoms with Gasteiger partial charge in [0.2, 0.25) is 0 Å². The third-order valence-electron chi connectivity index (χ3n) is 3.62. The van der Waals surface area contributed by atoms with E-state index in [9.17, 15) is 0 Å². The van der Waals surface area contributed by atoms with Crippen molar-refractivity contribution < 1.29 is 0 Å². The number of nitrogens with one attached hydrogen (secondary N) is 2. The molecule has 0 saturated carbocycles. The summed E-state index contributed by atoms with van der Waals surface area (Å²) in [6, 6.07) is 17.4. The van der Waals surface area contributed by atoms with Gasteiger partial charge >= 0.3 is 0 Å². The Morgan fingerprint density at radius 2 is 1.95 bits per heavy atom. The Kier molecular flexibility index (Phi) is 3.84. The van der Waals surface area contributed by atoms with Crippen molar-refractivity contribution in [3.05, 3.63) is 71.4 Å². The normalized spacial score (nSPS) is 11.1. The number of hydrogen-bond acceptors (Lipinski definition) is 1. The van der Waals surface area contributed by atoms with Crippen LogP contribution in [-0.2, 0) is 13.0 Å². The average molecular weight is 264 g/mol. The topological polar surface area (TPSA) is 27.8 Å². The molecule has 3 aromatic rings. The average Bonchev–Trinajstić information content (AvgIpc) is 2.91. The van der Waals surface area contributed by atoms with Crippen molar-refractivity contribution >= 4 is 10.9 Å². The molecular formula is C18H20N2. The first kappa shape index (κ1) is 12.9. The summed E-state index contributed by atoms with van der Waals surface area (Å²) in [5.74, 6) is 0. The number of H-pyrrole nitrogens is 1. The van der Waals surface area contributed by atoms with Crippen LogP contribution >= 0.6 is 0 Å². The summed E-state index contributed by atoms with van der Waals surface area (Å²) in [6.07, 6.45) is 3.06. The molecule has 0 amide bonds. The van der Waals surface area contributed by atoms with E-state index in [1.807, 2.05) is 6.20 Å². The molecule has 0 aliphatic heterocycles. The molecule has 20 heavy (non-hydrogen) atoms. The van der Waals surface area contributed by atoms with E-state index in [1.165, 1.54) is 27.6 Å². The van der Waals surface area contributed by atoms with E-state index in [1.54, 1.807) is 0 Å². The molecule has 2 aromatic carbocycles. The minimum Gasteiger partial charge on any atom is -0.361 e. The van der Waals surface area contributed by atoms with Crippen molar-refractivity contribution in [2.24, 2.45) is 0 Å².